The highest BCUT2D eigenvalue weighted by Gasteiger charge is 2.47. The number of likely N-dealkylation sites (tertiary alicyclic amines) is 1. The van der Waals surface area contributed by atoms with Gasteiger partial charge in [-0.05, 0) is 45.4 Å². The summed E-state index contributed by atoms with van der Waals surface area (Å²) >= 11 is 0. The molecule has 3 heterocycles. The van der Waals surface area contributed by atoms with Gasteiger partial charge in [-0.2, -0.15) is 0 Å². The van der Waals surface area contributed by atoms with Crippen LogP contribution in [0.4, 0.5) is 0 Å². The van der Waals surface area contributed by atoms with Gasteiger partial charge in [-0.3, -0.25) is 14.5 Å². The third-order valence-electron chi connectivity index (χ3n) is 6.34. The van der Waals surface area contributed by atoms with Gasteiger partial charge in [0.2, 0.25) is 5.91 Å². The minimum absolute atomic E-state index is 0.0468. The summed E-state index contributed by atoms with van der Waals surface area (Å²) < 4.78 is 0. The molecule has 6 nitrogen and oxygen atoms in total. The zero-order valence-electron chi connectivity index (χ0n) is 15.7. The maximum atomic E-state index is 13.2. The predicted octanol–water partition coefficient (Wildman–Crippen LogP) is 1.82. The number of para-hydroxylation sites is 1. The molecule has 2 aromatic rings. The highest BCUT2D eigenvalue weighted by atomic mass is 16.2. The van der Waals surface area contributed by atoms with E-state index < -0.39 is 5.54 Å². The van der Waals surface area contributed by atoms with Crippen LogP contribution >= 0.6 is 0 Å². The van der Waals surface area contributed by atoms with Crippen molar-refractivity contribution in [1.82, 2.24) is 20.1 Å². The molecule has 2 aliphatic rings. The molecule has 2 fully saturated rings. The van der Waals surface area contributed by atoms with E-state index >= 15 is 0 Å². The van der Waals surface area contributed by atoms with Crippen LogP contribution in [-0.4, -0.2) is 65.4 Å². The number of carbonyl (C=O) groups is 2. The smallest absolute Gasteiger partial charge is 0.255 e. The van der Waals surface area contributed by atoms with Crippen LogP contribution in [0.3, 0.4) is 0 Å². The molecule has 1 spiro atoms. The van der Waals surface area contributed by atoms with Crippen molar-refractivity contribution in [3.63, 3.8) is 0 Å². The van der Waals surface area contributed by atoms with Crippen LogP contribution in [0.25, 0.3) is 10.9 Å². The van der Waals surface area contributed by atoms with Gasteiger partial charge in [0, 0.05) is 37.3 Å². The standard InChI is InChI=1S/C20H26N4O2/c1-13-14(2)22-17-15(13)5-4-6-16(17)18(25)24-10-7-20(8-11-24)19(26)21-9-12-23(20)3/h4-6,22H,7-12H2,1-3H3,(H,21,26). The first-order valence-electron chi connectivity index (χ1n) is 9.31. The van der Waals surface area contributed by atoms with Gasteiger partial charge in [0.1, 0.15) is 5.54 Å². The van der Waals surface area contributed by atoms with Crippen molar-refractivity contribution in [2.24, 2.45) is 0 Å². The van der Waals surface area contributed by atoms with Crippen molar-refractivity contribution < 1.29 is 9.59 Å². The topological polar surface area (TPSA) is 68.4 Å². The summed E-state index contributed by atoms with van der Waals surface area (Å²) in [6.45, 7) is 6.88. The molecule has 6 heteroatoms. The quantitative estimate of drug-likeness (QED) is 0.821. The van der Waals surface area contributed by atoms with Crippen molar-refractivity contribution in [3.05, 3.63) is 35.0 Å². The highest BCUT2D eigenvalue weighted by Crippen LogP contribution is 2.32. The minimum Gasteiger partial charge on any atom is -0.358 e. The van der Waals surface area contributed by atoms with E-state index in [0.29, 0.717) is 32.5 Å². The van der Waals surface area contributed by atoms with E-state index in [-0.39, 0.29) is 11.8 Å². The molecule has 0 unspecified atom stereocenters. The number of piperazine rings is 1. The molecule has 2 N–H and O–H groups in total. The summed E-state index contributed by atoms with van der Waals surface area (Å²) in [5.74, 6) is 0.154. The van der Waals surface area contributed by atoms with Gasteiger partial charge < -0.3 is 15.2 Å². The van der Waals surface area contributed by atoms with Gasteiger partial charge in [0.25, 0.3) is 5.91 Å². The van der Waals surface area contributed by atoms with Crippen LogP contribution in [0, 0.1) is 13.8 Å². The number of nitrogens with one attached hydrogen (secondary N) is 2. The lowest BCUT2D eigenvalue weighted by molar-refractivity contribution is -0.139. The second-order valence-electron chi connectivity index (χ2n) is 7.60. The number of aromatic amines is 1. The second kappa shape index (κ2) is 6.13. The molecular weight excluding hydrogens is 328 g/mol. The van der Waals surface area contributed by atoms with Crippen molar-refractivity contribution in [1.29, 1.82) is 0 Å². The number of hydrogen-bond acceptors (Lipinski definition) is 3. The van der Waals surface area contributed by atoms with Crippen LogP contribution < -0.4 is 5.32 Å². The summed E-state index contributed by atoms with van der Waals surface area (Å²) in [7, 11) is 2.02. The highest BCUT2D eigenvalue weighted by molar-refractivity contribution is 6.06. The lowest BCUT2D eigenvalue weighted by atomic mass is 9.83. The Kier molecular flexibility index (Phi) is 4.03. The van der Waals surface area contributed by atoms with Crippen LogP contribution in [0.15, 0.2) is 18.2 Å². The molecule has 0 saturated carbocycles. The fraction of sp³-hybridized carbons (Fsp3) is 0.500. The lowest BCUT2D eigenvalue weighted by Crippen LogP contribution is -2.67. The molecule has 1 aromatic heterocycles. The largest absolute Gasteiger partial charge is 0.358 e. The number of hydrogen-bond donors (Lipinski definition) is 2. The maximum absolute atomic E-state index is 13.2. The Morgan fingerprint density at radius 1 is 1.15 bits per heavy atom. The maximum Gasteiger partial charge on any atom is 0.255 e. The number of aryl methyl sites for hydroxylation is 2. The van der Waals surface area contributed by atoms with Gasteiger partial charge in [-0.1, -0.05) is 12.1 Å². The van der Waals surface area contributed by atoms with Gasteiger partial charge >= 0.3 is 0 Å². The average Bonchev–Trinajstić information content (AvgIpc) is 2.94. The number of carbonyl (C=O) groups excluding carboxylic acids is 2. The van der Waals surface area contributed by atoms with Crippen LogP contribution in [0.1, 0.15) is 34.5 Å². The number of likely N-dealkylation sites (N-methyl/N-ethyl adjacent to an activating group) is 1. The summed E-state index contributed by atoms with van der Waals surface area (Å²) in [4.78, 5) is 33.1. The number of H-pyrrole nitrogens is 1. The zero-order valence-corrected chi connectivity index (χ0v) is 15.7. The Balaban J connectivity index is 1.58. The van der Waals surface area contributed by atoms with E-state index in [1.807, 2.05) is 31.0 Å². The van der Waals surface area contributed by atoms with Gasteiger partial charge in [0.05, 0.1) is 11.1 Å². The van der Waals surface area contributed by atoms with Gasteiger partial charge in [-0.15, -0.1) is 0 Å². The Morgan fingerprint density at radius 2 is 1.88 bits per heavy atom. The predicted molar refractivity (Wildman–Crippen MR) is 101 cm³/mol. The molecule has 26 heavy (non-hydrogen) atoms. The Labute approximate surface area is 153 Å². The molecule has 0 atom stereocenters. The average molecular weight is 354 g/mol. The van der Waals surface area contributed by atoms with Crippen molar-refractivity contribution >= 4 is 22.7 Å². The number of rotatable bonds is 1. The summed E-state index contributed by atoms with van der Waals surface area (Å²) in [5, 5.41) is 4.10. The normalized spacial score (nSPS) is 20.6. The first-order valence-corrected chi connectivity index (χ1v) is 9.31. The van der Waals surface area contributed by atoms with E-state index in [0.717, 1.165) is 28.7 Å². The van der Waals surface area contributed by atoms with E-state index in [1.165, 1.54) is 5.56 Å². The molecule has 2 amide bonds. The minimum atomic E-state index is -0.458. The monoisotopic (exact) mass is 354 g/mol. The number of fused-ring (bicyclic) bond motifs is 1. The van der Waals surface area contributed by atoms with Crippen LogP contribution in [0.2, 0.25) is 0 Å². The Morgan fingerprint density at radius 3 is 2.58 bits per heavy atom. The molecule has 1 aromatic carbocycles. The number of benzene rings is 1. The summed E-state index contributed by atoms with van der Waals surface area (Å²) in [6.07, 6.45) is 1.36. The summed E-state index contributed by atoms with van der Waals surface area (Å²) in [5.41, 5.74) is 3.46. The molecule has 0 aliphatic carbocycles. The fourth-order valence-electron chi connectivity index (χ4n) is 4.41. The Hall–Kier alpha value is -2.34. The first kappa shape index (κ1) is 17.1. The third-order valence-corrected chi connectivity index (χ3v) is 6.34. The second-order valence-corrected chi connectivity index (χ2v) is 7.60. The number of aromatic nitrogens is 1. The molecule has 2 saturated heterocycles. The van der Waals surface area contributed by atoms with E-state index in [1.54, 1.807) is 0 Å². The SMILES string of the molecule is Cc1[nH]c2c(C(=O)N3CCC4(CC3)C(=O)NCCN4C)cccc2c1C. The zero-order chi connectivity index (χ0) is 18.5. The number of nitrogens with zero attached hydrogens (tertiary/aromatic N) is 2. The third kappa shape index (κ3) is 2.43. The van der Waals surface area contributed by atoms with Crippen molar-refractivity contribution in [2.45, 2.75) is 32.2 Å². The molecule has 0 bridgehead atoms. The van der Waals surface area contributed by atoms with Crippen molar-refractivity contribution in [3.8, 4) is 0 Å². The van der Waals surface area contributed by atoms with Crippen molar-refractivity contribution in [2.75, 3.05) is 33.2 Å². The Bertz CT molecular complexity index is 877. The van der Waals surface area contributed by atoms with E-state index in [9.17, 15) is 9.59 Å². The van der Waals surface area contributed by atoms with Crippen LogP contribution in [0.5, 0.6) is 0 Å². The van der Waals surface area contributed by atoms with Gasteiger partial charge in [-0.25, -0.2) is 0 Å². The van der Waals surface area contributed by atoms with E-state index in [4.69, 9.17) is 0 Å². The molecular formula is C20H26N4O2. The molecule has 138 valence electrons. The summed E-state index contributed by atoms with van der Waals surface area (Å²) in [6, 6.07) is 5.89. The van der Waals surface area contributed by atoms with Crippen LogP contribution in [-0.2, 0) is 4.79 Å². The first-order chi connectivity index (χ1) is 12.4. The number of amides is 2. The fourth-order valence-corrected chi connectivity index (χ4v) is 4.41. The molecule has 4 rings (SSSR count). The van der Waals surface area contributed by atoms with Gasteiger partial charge in [0.15, 0.2) is 0 Å². The van der Waals surface area contributed by atoms with E-state index in [2.05, 4.69) is 28.2 Å². The molecule has 2 aliphatic heterocycles. The number of piperidine rings is 1. The lowest BCUT2D eigenvalue weighted by Gasteiger charge is -2.48. The molecule has 0 radical (unpaired) electrons.